The van der Waals surface area contributed by atoms with Gasteiger partial charge >= 0.3 is 0 Å². The maximum atomic E-state index is 4.52. The van der Waals surface area contributed by atoms with Crippen LogP contribution in [0.15, 0.2) is 4.99 Å². The van der Waals surface area contributed by atoms with Gasteiger partial charge in [0, 0.05) is 19.6 Å². The van der Waals surface area contributed by atoms with Gasteiger partial charge in [-0.25, -0.2) is 0 Å². The van der Waals surface area contributed by atoms with Gasteiger partial charge in [-0.2, -0.15) is 0 Å². The highest BCUT2D eigenvalue weighted by Crippen LogP contribution is 1.93. The van der Waals surface area contributed by atoms with E-state index in [1.165, 1.54) is 32.1 Å². The van der Waals surface area contributed by atoms with Gasteiger partial charge in [-0.3, -0.25) is 4.99 Å². The first-order valence-electron chi connectivity index (χ1n) is 6.37. The van der Waals surface area contributed by atoms with E-state index in [0.29, 0.717) is 0 Å². The monoisotopic (exact) mass is 213 g/mol. The van der Waals surface area contributed by atoms with Crippen LogP contribution >= 0.6 is 0 Å². The van der Waals surface area contributed by atoms with E-state index < -0.39 is 0 Å². The Labute approximate surface area is 94.7 Å². The van der Waals surface area contributed by atoms with Crippen LogP contribution in [-0.4, -0.2) is 25.6 Å². The summed E-state index contributed by atoms with van der Waals surface area (Å²) >= 11 is 0. The van der Waals surface area contributed by atoms with E-state index in [0.717, 1.165) is 25.6 Å². The number of nitrogens with zero attached hydrogens (tertiary/aromatic N) is 1. The second-order valence-electron chi connectivity index (χ2n) is 3.75. The molecular weight excluding hydrogens is 186 g/mol. The fourth-order valence-electron chi connectivity index (χ4n) is 1.28. The third-order valence-electron chi connectivity index (χ3n) is 2.20. The van der Waals surface area contributed by atoms with E-state index in [1.807, 2.05) is 0 Å². The number of aliphatic imine (C=N–C) groups is 1. The lowest BCUT2D eigenvalue weighted by molar-refractivity contribution is 0.705. The number of hydrogen-bond acceptors (Lipinski definition) is 1. The van der Waals surface area contributed by atoms with Crippen LogP contribution < -0.4 is 10.6 Å². The average Bonchev–Trinajstić information content (AvgIpc) is 2.24. The first-order chi connectivity index (χ1) is 7.35. The topological polar surface area (TPSA) is 36.4 Å². The molecule has 0 atom stereocenters. The van der Waals surface area contributed by atoms with Gasteiger partial charge in [0.05, 0.1) is 0 Å². The third-order valence-corrected chi connectivity index (χ3v) is 2.20. The van der Waals surface area contributed by atoms with Crippen molar-refractivity contribution in [3.63, 3.8) is 0 Å². The molecule has 3 heteroatoms. The molecule has 0 amide bonds. The molecule has 0 aliphatic rings. The Morgan fingerprint density at radius 2 is 1.67 bits per heavy atom. The molecule has 0 saturated carbocycles. The number of nitrogens with one attached hydrogen (secondary N) is 2. The standard InChI is InChI=1S/C12H27N3/c1-4-7-9-11-15-12(13-6-3)14-10-8-5-2/h4-11H2,1-3H3,(H2,13,14,15). The molecule has 0 spiro atoms. The summed E-state index contributed by atoms with van der Waals surface area (Å²) in [6.07, 6.45) is 6.16. The maximum absolute atomic E-state index is 4.52. The molecule has 0 bridgehead atoms. The lowest BCUT2D eigenvalue weighted by atomic mass is 10.2. The smallest absolute Gasteiger partial charge is 0.191 e. The van der Waals surface area contributed by atoms with E-state index >= 15 is 0 Å². The zero-order valence-corrected chi connectivity index (χ0v) is 10.6. The van der Waals surface area contributed by atoms with Crippen LogP contribution in [0.25, 0.3) is 0 Å². The summed E-state index contributed by atoms with van der Waals surface area (Å²) in [5, 5.41) is 6.59. The Morgan fingerprint density at radius 1 is 0.933 bits per heavy atom. The van der Waals surface area contributed by atoms with Crippen LogP contribution in [0.5, 0.6) is 0 Å². The zero-order chi connectivity index (χ0) is 11.4. The average molecular weight is 213 g/mol. The predicted molar refractivity (Wildman–Crippen MR) is 68.4 cm³/mol. The first kappa shape index (κ1) is 14.3. The van der Waals surface area contributed by atoms with Crippen LogP contribution in [-0.2, 0) is 0 Å². The molecule has 2 N–H and O–H groups in total. The quantitative estimate of drug-likeness (QED) is 0.369. The molecule has 0 aliphatic carbocycles. The van der Waals surface area contributed by atoms with Gasteiger partial charge in [0.2, 0.25) is 0 Å². The number of rotatable bonds is 8. The normalized spacial score (nSPS) is 11.5. The summed E-state index contributed by atoms with van der Waals surface area (Å²) in [6.45, 7) is 9.42. The molecule has 0 aromatic heterocycles. The van der Waals surface area contributed by atoms with Crippen LogP contribution in [0.1, 0.15) is 52.9 Å². The van der Waals surface area contributed by atoms with Crippen LogP contribution in [0, 0.1) is 0 Å². The largest absolute Gasteiger partial charge is 0.357 e. The molecule has 0 aliphatic heterocycles. The van der Waals surface area contributed by atoms with E-state index in [2.05, 4.69) is 36.4 Å². The van der Waals surface area contributed by atoms with Crippen molar-refractivity contribution < 1.29 is 0 Å². The highest BCUT2D eigenvalue weighted by Gasteiger charge is 1.94. The van der Waals surface area contributed by atoms with Gasteiger partial charge in [0.1, 0.15) is 0 Å². The van der Waals surface area contributed by atoms with Crippen molar-refractivity contribution in [1.29, 1.82) is 0 Å². The summed E-state index contributed by atoms with van der Waals surface area (Å²) in [4.78, 5) is 4.52. The SMILES string of the molecule is CCCCCN=C(NCC)NCCCC. The van der Waals surface area contributed by atoms with Gasteiger partial charge in [0.25, 0.3) is 0 Å². The lowest BCUT2D eigenvalue weighted by Crippen LogP contribution is -2.37. The molecule has 0 rings (SSSR count). The summed E-state index contributed by atoms with van der Waals surface area (Å²) in [6, 6.07) is 0. The van der Waals surface area contributed by atoms with Crippen molar-refractivity contribution in [2.24, 2.45) is 4.99 Å². The second kappa shape index (κ2) is 11.3. The van der Waals surface area contributed by atoms with Crippen molar-refractivity contribution in [2.45, 2.75) is 52.9 Å². The number of hydrogen-bond donors (Lipinski definition) is 2. The van der Waals surface area contributed by atoms with Gasteiger partial charge < -0.3 is 10.6 Å². The molecule has 0 heterocycles. The highest BCUT2D eigenvalue weighted by atomic mass is 15.2. The van der Waals surface area contributed by atoms with Gasteiger partial charge in [-0.1, -0.05) is 33.1 Å². The van der Waals surface area contributed by atoms with Gasteiger partial charge in [-0.15, -0.1) is 0 Å². The fraction of sp³-hybridized carbons (Fsp3) is 0.917. The Morgan fingerprint density at radius 3 is 2.27 bits per heavy atom. The Hall–Kier alpha value is -0.730. The minimum absolute atomic E-state index is 0.936. The molecule has 0 fully saturated rings. The summed E-state index contributed by atoms with van der Waals surface area (Å²) in [5.41, 5.74) is 0. The lowest BCUT2D eigenvalue weighted by Gasteiger charge is -2.10. The molecule has 90 valence electrons. The molecule has 0 unspecified atom stereocenters. The van der Waals surface area contributed by atoms with Crippen molar-refractivity contribution >= 4 is 5.96 Å². The predicted octanol–water partition coefficient (Wildman–Crippen LogP) is 2.53. The van der Waals surface area contributed by atoms with Crippen LogP contribution in [0.4, 0.5) is 0 Å². The molecule has 0 radical (unpaired) electrons. The summed E-state index contributed by atoms with van der Waals surface area (Å²) < 4.78 is 0. The Bertz CT molecular complexity index is 155. The summed E-state index contributed by atoms with van der Waals surface area (Å²) in [7, 11) is 0. The minimum atomic E-state index is 0.936. The van der Waals surface area contributed by atoms with Crippen molar-refractivity contribution in [3.8, 4) is 0 Å². The molecular formula is C12H27N3. The first-order valence-corrected chi connectivity index (χ1v) is 6.37. The summed E-state index contributed by atoms with van der Waals surface area (Å²) in [5.74, 6) is 0.974. The number of unbranched alkanes of at least 4 members (excludes halogenated alkanes) is 3. The van der Waals surface area contributed by atoms with Crippen LogP contribution in [0.2, 0.25) is 0 Å². The van der Waals surface area contributed by atoms with E-state index in [9.17, 15) is 0 Å². The third kappa shape index (κ3) is 9.57. The second-order valence-corrected chi connectivity index (χ2v) is 3.75. The highest BCUT2D eigenvalue weighted by molar-refractivity contribution is 5.79. The maximum Gasteiger partial charge on any atom is 0.191 e. The fourth-order valence-corrected chi connectivity index (χ4v) is 1.28. The molecule has 0 aromatic carbocycles. The van der Waals surface area contributed by atoms with Gasteiger partial charge in [-0.05, 0) is 19.8 Å². The van der Waals surface area contributed by atoms with Crippen molar-refractivity contribution in [1.82, 2.24) is 10.6 Å². The molecule has 3 nitrogen and oxygen atoms in total. The van der Waals surface area contributed by atoms with Crippen molar-refractivity contribution in [3.05, 3.63) is 0 Å². The van der Waals surface area contributed by atoms with Crippen LogP contribution in [0.3, 0.4) is 0 Å². The Kier molecular flexibility index (Phi) is 10.8. The van der Waals surface area contributed by atoms with E-state index in [-0.39, 0.29) is 0 Å². The van der Waals surface area contributed by atoms with E-state index in [1.54, 1.807) is 0 Å². The van der Waals surface area contributed by atoms with Crippen molar-refractivity contribution in [2.75, 3.05) is 19.6 Å². The molecule has 15 heavy (non-hydrogen) atoms. The minimum Gasteiger partial charge on any atom is -0.357 e. The number of guanidine groups is 1. The Balaban J connectivity index is 3.68. The van der Waals surface area contributed by atoms with E-state index in [4.69, 9.17) is 0 Å². The molecule has 0 saturated heterocycles. The molecule has 0 aromatic rings. The zero-order valence-electron chi connectivity index (χ0n) is 10.6. The van der Waals surface area contributed by atoms with Gasteiger partial charge in [0.15, 0.2) is 5.96 Å².